The lowest BCUT2D eigenvalue weighted by Crippen LogP contribution is -2.31. The van der Waals surface area contributed by atoms with Crippen LogP contribution in [0.4, 0.5) is 5.69 Å². The molecule has 1 atom stereocenters. The summed E-state index contributed by atoms with van der Waals surface area (Å²) in [5.41, 5.74) is 7.96. The molecule has 0 aliphatic carbocycles. The van der Waals surface area contributed by atoms with Gasteiger partial charge in [0.25, 0.3) is 0 Å². The normalized spacial score (nSPS) is 12.8. The first kappa shape index (κ1) is 14.7. The van der Waals surface area contributed by atoms with Gasteiger partial charge in [0.1, 0.15) is 0 Å². The zero-order chi connectivity index (χ0) is 13.7. The van der Waals surface area contributed by atoms with E-state index in [0.29, 0.717) is 18.3 Å². The third-order valence-corrected chi connectivity index (χ3v) is 3.11. The average molecular weight is 248 g/mol. The Morgan fingerprint density at radius 3 is 2.50 bits per heavy atom. The number of rotatable bonds is 5. The summed E-state index contributed by atoms with van der Waals surface area (Å²) in [7, 11) is 0. The number of benzene rings is 1. The molecular formula is C15H24N2O. The zero-order valence-electron chi connectivity index (χ0n) is 11.7. The van der Waals surface area contributed by atoms with Gasteiger partial charge in [0.2, 0.25) is 5.91 Å². The molecule has 0 spiro atoms. The first-order valence-electron chi connectivity index (χ1n) is 6.55. The number of anilines is 1. The molecule has 1 rings (SSSR count). The lowest BCUT2D eigenvalue weighted by atomic mass is 10.0. The van der Waals surface area contributed by atoms with Gasteiger partial charge in [0.05, 0.1) is 0 Å². The maximum absolute atomic E-state index is 11.8. The molecule has 18 heavy (non-hydrogen) atoms. The zero-order valence-corrected chi connectivity index (χ0v) is 11.7. The fourth-order valence-corrected chi connectivity index (χ4v) is 1.64. The quantitative estimate of drug-likeness (QED) is 0.841. The topological polar surface area (TPSA) is 55.1 Å². The van der Waals surface area contributed by atoms with Crippen LogP contribution in [-0.2, 0) is 4.79 Å². The summed E-state index contributed by atoms with van der Waals surface area (Å²) in [6, 6.07) is 7.88. The van der Waals surface area contributed by atoms with Crippen molar-refractivity contribution in [2.45, 2.75) is 46.1 Å². The van der Waals surface area contributed by atoms with Crippen molar-refractivity contribution in [1.29, 1.82) is 0 Å². The Hall–Kier alpha value is -1.35. The van der Waals surface area contributed by atoms with Crippen LogP contribution in [0.2, 0.25) is 0 Å². The van der Waals surface area contributed by atoms with E-state index >= 15 is 0 Å². The molecule has 0 aromatic heterocycles. The smallest absolute Gasteiger partial charge is 0.225 e. The van der Waals surface area contributed by atoms with E-state index in [1.54, 1.807) is 0 Å². The van der Waals surface area contributed by atoms with Crippen molar-refractivity contribution < 1.29 is 4.79 Å². The molecule has 0 saturated carbocycles. The van der Waals surface area contributed by atoms with Gasteiger partial charge in [-0.1, -0.05) is 39.8 Å². The molecule has 3 N–H and O–H groups in total. The number of hydrogen-bond donors (Lipinski definition) is 2. The van der Waals surface area contributed by atoms with Crippen LogP contribution in [0.15, 0.2) is 24.3 Å². The molecule has 0 saturated heterocycles. The van der Waals surface area contributed by atoms with Crippen LogP contribution >= 0.6 is 0 Å². The van der Waals surface area contributed by atoms with Crippen molar-refractivity contribution in [3.63, 3.8) is 0 Å². The molecule has 0 radical (unpaired) electrons. The molecule has 1 unspecified atom stereocenters. The molecular weight excluding hydrogens is 224 g/mol. The predicted molar refractivity (Wildman–Crippen MR) is 76.6 cm³/mol. The van der Waals surface area contributed by atoms with Gasteiger partial charge in [-0.15, -0.1) is 0 Å². The molecule has 1 aromatic rings. The van der Waals surface area contributed by atoms with Crippen LogP contribution in [0, 0.1) is 5.92 Å². The highest BCUT2D eigenvalue weighted by atomic mass is 16.1. The maximum Gasteiger partial charge on any atom is 0.225 e. The lowest BCUT2D eigenvalue weighted by molar-refractivity contribution is -0.116. The summed E-state index contributed by atoms with van der Waals surface area (Å²) < 4.78 is 0. The SMILES string of the molecule is CC(C)c1cccc(NC(=O)CC(N)C(C)C)c1. The van der Waals surface area contributed by atoms with Crippen LogP contribution in [0.25, 0.3) is 0 Å². The molecule has 100 valence electrons. The number of nitrogens with two attached hydrogens (primary N) is 1. The predicted octanol–water partition coefficient (Wildman–Crippen LogP) is 3.12. The number of carbonyl (C=O) groups excluding carboxylic acids is 1. The summed E-state index contributed by atoms with van der Waals surface area (Å²) >= 11 is 0. The minimum Gasteiger partial charge on any atom is -0.327 e. The van der Waals surface area contributed by atoms with Crippen molar-refractivity contribution in [1.82, 2.24) is 0 Å². The van der Waals surface area contributed by atoms with E-state index in [-0.39, 0.29) is 11.9 Å². The Morgan fingerprint density at radius 2 is 1.94 bits per heavy atom. The molecule has 0 heterocycles. The molecule has 0 aliphatic heterocycles. The van der Waals surface area contributed by atoms with Gasteiger partial charge in [-0.3, -0.25) is 4.79 Å². The second kappa shape index (κ2) is 6.55. The van der Waals surface area contributed by atoms with Gasteiger partial charge in [-0.2, -0.15) is 0 Å². The second-order valence-electron chi connectivity index (χ2n) is 5.44. The Balaban J connectivity index is 2.62. The highest BCUT2D eigenvalue weighted by Crippen LogP contribution is 2.18. The number of hydrogen-bond acceptors (Lipinski definition) is 2. The van der Waals surface area contributed by atoms with E-state index in [1.807, 2.05) is 32.0 Å². The van der Waals surface area contributed by atoms with Crippen molar-refractivity contribution in [3.05, 3.63) is 29.8 Å². The summed E-state index contributed by atoms with van der Waals surface area (Å²) in [6.45, 7) is 8.32. The van der Waals surface area contributed by atoms with Crippen LogP contribution in [0.3, 0.4) is 0 Å². The van der Waals surface area contributed by atoms with Crippen LogP contribution < -0.4 is 11.1 Å². The molecule has 3 heteroatoms. The Kier molecular flexibility index (Phi) is 5.35. The monoisotopic (exact) mass is 248 g/mol. The second-order valence-corrected chi connectivity index (χ2v) is 5.44. The highest BCUT2D eigenvalue weighted by molar-refractivity contribution is 5.91. The van der Waals surface area contributed by atoms with E-state index in [0.717, 1.165) is 5.69 Å². The maximum atomic E-state index is 11.8. The van der Waals surface area contributed by atoms with Gasteiger partial charge < -0.3 is 11.1 Å². The minimum atomic E-state index is -0.0849. The van der Waals surface area contributed by atoms with E-state index in [9.17, 15) is 4.79 Å². The first-order chi connectivity index (χ1) is 8.40. The van der Waals surface area contributed by atoms with E-state index in [2.05, 4.69) is 25.2 Å². The van der Waals surface area contributed by atoms with Crippen molar-refractivity contribution in [2.75, 3.05) is 5.32 Å². The van der Waals surface area contributed by atoms with Crippen molar-refractivity contribution >= 4 is 11.6 Å². The molecule has 0 fully saturated rings. The fraction of sp³-hybridized carbons (Fsp3) is 0.533. The summed E-state index contributed by atoms with van der Waals surface area (Å²) in [6.07, 6.45) is 0.365. The van der Waals surface area contributed by atoms with E-state index in [4.69, 9.17) is 5.73 Å². The Morgan fingerprint density at radius 1 is 1.28 bits per heavy atom. The molecule has 1 amide bonds. The molecule has 1 aromatic carbocycles. The highest BCUT2D eigenvalue weighted by Gasteiger charge is 2.13. The van der Waals surface area contributed by atoms with E-state index in [1.165, 1.54) is 5.56 Å². The van der Waals surface area contributed by atoms with Crippen molar-refractivity contribution in [3.8, 4) is 0 Å². The van der Waals surface area contributed by atoms with Crippen LogP contribution in [0.5, 0.6) is 0 Å². The number of nitrogens with one attached hydrogen (secondary N) is 1. The van der Waals surface area contributed by atoms with Gasteiger partial charge in [-0.05, 0) is 29.5 Å². The Bertz CT molecular complexity index is 399. The summed E-state index contributed by atoms with van der Waals surface area (Å²) in [5.74, 6) is 0.759. The van der Waals surface area contributed by atoms with Gasteiger partial charge in [-0.25, -0.2) is 0 Å². The summed E-state index contributed by atoms with van der Waals surface area (Å²) in [5, 5.41) is 2.90. The third kappa shape index (κ3) is 4.49. The van der Waals surface area contributed by atoms with Crippen LogP contribution in [-0.4, -0.2) is 11.9 Å². The number of amides is 1. The fourth-order valence-electron chi connectivity index (χ4n) is 1.64. The Labute approximate surface area is 110 Å². The molecule has 0 aliphatic rings. The third-order valence-electron chi connectivity index (χ3n) is 3.11. The largest absolute Gasteiger partial charge is 0.327 e. The van der Waals surface area contributed by atoms with Gasteiger partial charge >= 0.3 is 0 Å². The van der Waals surface area contributed by atoms with Crippen LogP contribution in [0.1, 0.15) is 45.6 Å². The van der Waals surface area contributed by atoms with E-state index < -0.39 is 0 Å². The molecule has 3 nitrogen and oxygen atoms in total. The number of carbonyl (C=O) groups is 1. The lowest BCUT2D eigenvalue weighted by Gasteiger charge is -2.15. The minimum absolute atomic E-state index is 0.0166. The standard InChI is InChI=1S/C15H24N2O/c1-10(2)12-6-5-7-13(8-12)17-15(18)9-14(16)11(3)4/h5-8,10-11,14H,9,16H2,1-4H3,(H,17,18). The van der Waals surface area contributed by atoms with Crippen molar-refractivity contribution in [2.24, 2.45) is 11.7 Å². The average Bonchev–Trinajstić information content (AvgIpc) is 2.28. The first-order valence-corrected chi connectivity index (χ1v) is 6.55. The van der Waals surface area contributed by atoms with Gasteiger partial charge in [0, 0.05) is 18.2 Å². The molecule has 0 bridgehead atoms. The summed E-state index contributed by atoms with van der Waals surface area (Å²) in [4.78, 5) is 11.8. The van der Waals surface area contributed by atoms with Gasteiger partial charge in [0.15, 0.2) is 0 Å².